The van der Waals surface area contributed by atoms with Crippen LogP contribution in [0, 0.1) is 0 Å². The van der Waals surface area contributed by atoms with Gasteiger partial charge in [0, 0.05) is 12.6 Å². The van der Waals surface area contributed by atoms with Crippen LogP contribution in [0.1, 0.15) is 32.8 Å². The normalized spacial score (nSPS) is 12.6. The van der Waals surface area contributed by atoms with Crippen LogP contribution in [0.4, 0.5) is 5.69 Å². The molecule has 0 spiro atoms. The van der Waals surface area contributed by atoms with Crippen molar-refractivity contribution in [1.29, 1.82) is 0 Å². The average molecular weight is 637 g/mol. The first kappa shape index (κ1) is 33.0. The fraction of sp³-hybridized carbons (Fsp3) is 0.333. The zero-order chi connectivity index (χ0) is 31.0. The Morgan fingerprint density at radius 1 is 0.929 bits per heavy atom. The summed E-state index contributed by atoms with van der Waals surface area (Å²) in [7, 11) is -1.39. The van der Waals surface area contributed by atoms with Crippen molar-refractivity contribution >= 4 is 50.7 Å². The lowest BCUT2D eigenvalue weighted by Crippen LogP contribution is -2.52. The van der Waals surface area contributed by atoms with Crippen LogP contribution in [0.25, 0.3) is 0 Å². The molecule has 9 nitrogen and oxygen atoms in total. The van der Waals surface area contributed by atoms with E-state index in [0.717, 1.165) is 4.31 Å². The second kappa shape index (κ2) is 14.6. The van der Waals surface area contributed by atoms with Crippen molar-refractivity contribution in [3.63, 3.8) is 0 Å². The molecule has 3 rings (SSSR count). The molecule has 1 N–H and O–H groups in total. The summed E-state index contributed by atoms with van der Waals surface area (Å²) >= 11 is 12.3. The van der Waals surface area contributed by atoms with Crippen LogP contribution in [-0.2, 0) is 26.2 Å². The second-order valence-corrected chi connectivity index (χ2v) is 12.3. The van der Waals surface area contributed by atoms with E-state index in [0.29, 0.717) is 22.8 Å². The quantitative estimate of drug-likeness (QED) is 0.264. The van der Waals surface area contributed by atoms with E-state index in [2.05, 4.69) is 5.32 Å². The molecule has 0 bridgehead atoms. The fourth-order valence-electron chi connectivity index (χ4n) is 4.11. The molecule has 226 valence electrons. The molecule has 3 aromatic carbocycles. The van der Waals surface area contributed by atoms with Gasteiger partial charge < -0.3 is 19.7 Å². The van der Waals surface area contributed by atoms with Crippen molar-refractivity contribution in [3.05, 3.63) is 82.3 Å². The Balaban J connectivity index is 2.08. The Morgan fingerprint density at radius 2 is 1.60 bits per heavy atom. The summed E-state index contributed by atoms with van der Waals surface area (Å²) in [6.07, 6.45) is 0.695. The highest BCUT2D eigenvalue weighted by Gasteiger charge is 2.34. The monoisotopic (exact) mass is 635 g/mol. The maximum absolute atomic E-state index is 14.1. The predicted octanol–water partition coefficient (Wildman–Crippen LogP) is 5.54. The van der Waals surface area contributed by atoms with Crippen molar-refractivity contribution in [1.82, 2.24) is 10.2 Å². The topological polar surface area (TPSA) is 105 Å². The predicted molar refractivity (Wildman–Crippen MR) is 165 cm³/mol. The number of halogens is 2. The van der Waals surface area contributed by atoms with Crippen molar-refractivity contribution in [3.8, 4) is 11.5 Å². The molecule has 0 heterocycles. The number of benzene rings is 3. The van der Waals surface area contributed by atoms with Gasteiger partial charge in [-0.25, -0.2) is 8.42 Å². The van der Waals surface area contributed by atoms with Crippen molar-refractivity contribution in [2.24, 2.45) is 0 Å². The second-order valence-electron chi connectivity index (χ2n) is 9.62. The number of hydrogen-bond acceptors (Lipinski definition) is 6. The highest BCUT2D eigenvalue weighted by molar-refractivity contribution is 7.92. The summed E-state index contributed by atoms with van der Waals surface area (Å²) in [5, 5.41) is 3.53. The molecule has 3 aromatic rings. The van der Waals surface area contributed by atoms with Crippen molar-refractivity contribution in [2.45, 2.75) is 50.7 Å². The highest BCUT2D eigenvalue weighted by atomic mass is 35.5. The summed E-state index contributed by atoms with van der Waals surface area (Å²) in [5.41, 5.74) is 0.776. The molecule has 0 unspecified atom stereocenters. The molecule has 0 saturated heterocycles. The van der Waals surface area contributed by atoms with E-state index in [4.69, 9.17) is 32.7 Å². The van der Waals surface area contributed by atoms with Crippen LogP contribution >= 0.6 is 23.2 Å². The van der Waals surface area contributed by atoms with Crippen LogP contribution in [0.2, 0.25) is 10.0 Å². The Labute approximate surface area is 257 Å². The van der Waals surface area contributed by atoms with Gasteiger partial charge >= 0.3 is 0 Å². The van der Waals surface area contributed by atoms with Crippen molar-refractivity contribution < 1.29 is 27.5 Å². The zero-order valence-corrected chi connectivity index (χ0v) is 26.5. The fourth-order valence-corrected chi connectivity index (χ4v) is 5.85. The number of ether oxygens (including phenoxy) is 2. The summed E-state index contributed by atoms with van der Waals surface area (Å²) < 4.78 is 39.7. The van der Waals surface area contributed by atoms with Gasteiger partial charge in [-0.15, -0.1) is 0 Å². The molecule has 12 heteroatoms. The molecular formula is C30H35Cl2N3O6S. The standard InChI is InChI=1S/C30H35Cl2N3O6S/c1-6-20(2)33-30(37)21(3)34(18-22-11-16-25(31)26(32)17-22)29(36)19-35(27-9-7-8-10-28(27)41-5)42(38,39)24-14-12-23(40-4)13-15-24/h7-17,20-21H,6,18-19H2,1-5H3,(H,33,37)/t20-,21-/m1/s1. The highest BCUT2D eigenvalue weighted by Crippen LogP contribution is 2.33. The smallest absolute Gasteiger partial charge is 0.264 e. The molecule has 0 fully saturated rings. The van der Waals surface area contributed by atoms with Gasteiger partial charge in [0.25, 0.3) is 10.0 Å². The Kier molecular flexibility index (Phi) is 11.5. The number of sulfonamides is 1. The number of anilines is 1. The molecule has 0 aliphatic heterocycles. The van der Waals surface area contributed by atoms with Gasteiger partial charge in [-0.2, -0.15) is 0 Å². The molecular weight excluding hydrogens is 601 g/mol. The number of nitrogens with one attached hydrogen (secondary N) is 1. The molecule has 0 aliphatic rings. The summed E-state index contributed by atoms with van der Waals surface area (Å²) in [4.78, 5) is 28.5. The number of nitrogens with zero attached hydrogens (tertiary/aromatic N) is 2. The zero-order valence-electron chi connectivity index (χ0n) is 24.1. The lowest BCUT2D eigenvalue weighted by molar-refractivity contribution is -0.139. The third kappa shape index (κ3) is 7.87. The van der Waals surface area contributed by atoms with E-state index < -0.39 is 28.5 Å². The Hall–Kier alpha value is -3.47. The van der Waals surface area contributed by atoms with E-state index in [1.54, 1.807) is 49.4 Å². The number of carbonyl (C=O) groups excluding carboxylic acids is 2. The number of para-hydroxylation sites is 2. The summed E-state index contributed by atoms with van der Waals surface area (Å²) in [6, 6.07) is 16.2. The third-order valence-corrected chi connectivity index (χ3v) is 9.30. The van der Waals surface area contributed by atoms with Crippen LogP contribution in [-0.4, -0.2) is 58.0 Å². The average Bonchev–Trinajstić information content (AvgIpc) is 2.99. The van der Waals surface area contributed by atoms with Gasteiger partial charge in [0.1, 0.15) is 24.1 Å². The van der Waals surface area contributed by atoms with E-state index in [1.165, 1.54) is 43.4 Å². The SMILES string of the molecule is CC[C@@H](C)NC(=O)[C@@H](C)N(Cc1ccc(Cl)c(Cl)c1)C(=O)CN(c1ccccc1OC)S(=O)(=O)c1ccc(OC)cc1. The number of carbonyl (C=O) groups is 2. The van der Waals surface area contributed by atoms with Crippen molar-refractivity contribution in [2.75, 3.05) is 25.1 Å². The maximum atomic E-state index is 14.1. The molecule has 2 atom stereocenters. The number of amides is 2. The number of rotatable bonds is 13. The van der Waals surface area contributed by atoms with Crippen LogP contribution in [0.5, 0.6) is 11.5 Å². The molecule has 42 heavy (non-hydrogen) atoms. The largest absolute Gasteiger partial charge is 0.497 e. The lowest BCUT2D eigenvalue weighted by Gasteiger charge is -2.32. The third-order valence-electron chi connectivity index (χ3n) is 6.79. The van der Waals surface area contributed by atoms with E-state index >= 15 is 0 Å². The van der Waals surface area contributed by atoms with Gasteiger partial charge in [-0.3, -0.25) is 13.9 Å². The first-order valence-electron chi connectivity index (χ1n) is 13.3. The lowest BCUT2D eigenvalue weighted by atomic mass is 10.1. The van der Waals surface area contributed by atoms with E-state index in [-0.39, 0.29) is 39.8 Å². The molecule has 0 aromatic heterocycles. The van der Waals surface area contributed by atoms with Gasteiger partial charge in [0.2, 0.25) is 11.8 Å². The van der Waals surface area contributed by atoms with Crippen LogP contribution in [0.15, 0.2) is 71.6 Å². The molecule has 0 aliphatic carbocycles. The molecule has 0 radical (unpaired) electrons. The first-order valence-corrected chi connectivity index (χ1v) is 15.5. The van der Waals surface area contributed by atoms with Gasteiger partial charge in [-0.1, -0.05) is 48.3 Å². The van der Waals surface area contributed by atoms with Gasteiger partial charge in [0.05, 0.1) is 34.8 Å². The van der Waals surface area contributed by atoms with Gasteiger partial charge in [-0.05, 0) is 74.4 Å². The summed E-state index contributed by atoms with van der Waals surface area (Å²) in [6.45, 7) is 4.76. The maximum Gasteiger partial charge on any atom is 0.264 e. The Morgan fingerprint density at radius 3 is 2.19 bits per heavy atom. The minimum absolute atomic E-state index is 0.0207. The van der Waals surface area contributed by atoms with Gasteiger partial charge in [0.15, 0.2) is 0 Å². The number of methoxy groups -OCH3 is 2. The first-order chi connectivity index (χ1) is 19.9. The minimum atomic E-state index is -4.28. The van der Waals surface area contributed by atoms with Crippen LogP contribution in [0.3, 0.4) is 0 Å². The van der Waals surface area contributed by atoms with E-state index in [1.807, 2.05) is 13.8 Å². The summed E-state index contributed by atoms with van der Waals surface area (Å²) in [5.74, 6) is -0.265. The minimum Gasteiger partial charge on any atom is -0.497 e. The van der Waals surface area contributed by atoms with E-state index in [9.17, 15) is 18.0 Å². The Bertz CT molecular complexity index is 1500. The number of hydrogen-bond donors (Lipinski definition) is 1. The molecule has 0 saturated carbocycles. The molecule has 2 amide bonds. The van der Waals surface area contributed by atoms with Crippen LogP contribution < -0.4 is 19.1 Å².